The SMILES string of the molecule is CCC(Cn1cc(-c2cnc(N)c(C(=O)C=C(N)c3ccc(CNC)cc3)n2)ccc1=O)OC. The molecule has 0 aliphatic carbocycles. The lowest BCUT2D eigenvalue weighted by Gasteiger charge is -2.15. The fourth-order valence-electron chi connectivity index (χ4n) is 3.45. The number of hydrogen-bond donors (Lipinski definition) is 3. The zero-order valence-corrected chi connectivity index (χ0v) is 19.6. The van der Waals surface area contributed by atoms with Crippen molar-refractivity contribution in [3.05, 3.63) is 82.0 Å². The van der Waals surface area contributed by atoms with E-state index in [1.807, 2.05) is 38.2 Å². The number of hydrogen-bond acceptors (Lipinski definition) is 8. The van der Waals surface area contributed by atoms with Gasteiger partial charge in [0, 0.05) is 43.3 Å². The molecule has 5 N–H and O–H groups in total. The van der Waals surface area contributed by atoms with E-state index in [-0.39, 0.29) is 23.2 Å². The molecule has 9 heteroatoms. The van der Waals surface area contributed by atoms with E-state index >= 15 is 0 Å². The summed E-state index contributed by atoms with van der Waals surface area (Å²) in [5.74, 6) is -0.455. The molecule has 0 saturated heterocycles. The maximum absolute atomic E-state index is 12.9. The van der Waals surface area contributed by atoms with Crippen molar-refractivity contribution in [2.45, 2.75) is 32.5 Å². The minimum Gasteiger partial charge on any atom is -0.398 e. The first-order chi connectivity index (χ1) is 16.4. The van der Waals surface area contributed by atoms with Crippen LogP contribution in [-0.4, -0.2) is 40.6 Å². The average molecular weight is 463 g/mol. The lowest BCUT2D eigenvalue weighted by atomic mass is 10.1. The molecule has 1 unspecified atom stereocenters. The Morgan fingerprint density at radius 3 is 2.62 bits per heavy atom. The molecule has 0 fully saturated rings. The number of benzene rings is 1. The molecule has 0 aliphatic rings. The summed E-state index contributed by atoms with van der Waals surface area (Å²) >= 11 is 0. The maximum Gasteiger partial charge on any atom is 0.250 e. The van der Waals surface area contributed by atoms with Gasteiger partial charge in [0.1, 0.15) is 0 Å². The fourth-order valence-corrected chi connectivity index (χ4v) is 3.45. The molecule has 3 rings (SSSR count). The Bertz CT molecular complexity index is 1230. The summed E-state index contributed by atoms with van der Waals surface area (Å²) in [6, 6.07) is 10.7. The smallest absolute Gasteiger partial charge is 0.250 e. The lowest BCUT2D eigenvalue weighted by Crippen LogP contribution is -2.26. The van der Waals surface area contributed by atoms with Crippen molar-refractivity contribution in [3.63, 3.8) is 0 Å². The summed E-state index contributed by atoms with van der Waals surface area (Å²) < 4.78 is 6.95. The minimum atomic E-state index is -0.456. The first kappa shape index (κ1) is 24.8. The van der Waals surface area contributed by atoms with Crippen molar-refractivity contribution < 1.29 is 9.53 Å². The molecular formula is C25H30N6O3. The molecule has 2 heterocycles. The third-order valence-electron chi connectivity index (χ3n) is 5.46. The number of rotatable bonds is 10. The Morgan fingerprint density at radius 2 is 1.97 bits per heavy atom. The molecule has 3 aromatic rings. The van der Waals surface area contributed by atoms with Gasteiger partial charge in [0.2, 0.25) is 5.78 Å². The number of nitrogens with one attached hydrogen (secondary N) is 1. The van der Waals surface area contributed by atoms with Crippen LogP contribution in [0.3, 0.4) is 0 Å². The molecule has 34 heavy (non-hydrogen) atoms. The van der Waals surface area contributed by atoms with Crippen LogP contribution < -0.4 is 22.3 Å². The fraction of sp³-hybridized carbons (Fsp3) is 0.280. The largest absolute Gasteiger partial charge is 0.398 e. The van der Waals surface area contributed by atoms with E-state index in [0.717, 1.165) is 18.5 Å². The van der Waals surface area contributed by atoms with Gasteiger partial charge in [0.15, 0.2) is 11.5 Å². The number of ether oxygens (including phenoxy) is 1. The number of ketones is 1. The van der Waals surface area contributed by atoms with Crippen LogP contribution in [-0.2, 0) is 17.8 Å². The van der Waals surface area contributed by atoms with Gasteiger partial charge in [0.05, 0.1) is 24.5 Å². The molecule has 1 aromatic carbocycles. The average Bonchev–Trinajstić information content (AvgIpc) is 2.84. The first-order valence-corrected chi connectivity index (χ1v) is 11.0. The van der Waals surface area contributed by atoms with Crippen LogP contribution in [0.5, 0.6) is 0 Å². The maximum atomic E-state index is 12.9. The zero-order chi connectivity index (χ0) is 24.7. The molecule has 0 saturated carbocycles. The number of pyridine rings is 1. The van der Waals surface area contributed by atoms with Crippen LogP contribution in [0.25, 0.3) is 17.0 Å². The van der Waals surface area contributed by atoms with Crippen molar-refractivity contribution >= 4 is 17.3 Å². The van der Waals surface area contributed by atoms with Crippen LogP contribution in [0.1, 0.15) is 35.0 Å². The number of nitrogens with two attached hydrogens (primary N) is 2. The van der Waals surface area contributed by atoms with Crippen LogP contribution in [0.4, 0.5) is 5.82 Å². The van der Waals surface area contributed by atoms with Gasteiger partial charge in [-0.15, -0.1) is 0 Å². The van der Waals surface area contributed by atoms with Crippen LogP contribution in [0, 0.1) is 0 Å². The van der Waals surface area contributed by atoms with Crippen molar-refractivity contribution in [2.24, 2.45) is 5.73 Å². The topological polar surface area (TPSA) is 138 Å². The van der Waals surface area contributed by atoms with Crippen molar-refractivity contribution in [1.82, 2.24) is 19.9 Å². The van der Waals surface area contributed by atoms with Gasteiger partial charge < -0.3 is 26.1 Å². The molecule has 0 aliphatic heterocycles. The lowest BCUT2D eigenvalue weighted by molar-refractivity contribution is 0.0838. The Hall–Kier alpha value is -3.82. The van der Waals surface area contributed by atoms with E-state index in [1.165, 1.54) is 18.3 Å². The Kier molecular flexibility index (Phi) is 8.29. The van der Waals surface area contributed by atoms with Gasteiger partial charge in [-0.05, 0) is 30.7 Å². The number of aromatic nitrogens is 3. The van der Waals surface area contributed by atoms with Gasteiger partial charge >= 0.3 is 0 Å². The third-order valence-corrected chi connectivity index (χ3v) is 5.46. The van der Waals surface area contributed by atoms with E-state index in [0.29, 0.717) is 29.1 Å². The monoisotopic (exact) mass is 462 g/mol. The standard InChI is InChI=1S/C25H30N6O3/c1-4-19(34-3)15-31-14-18(9-10-23(31)33)21-13-29-25(27)24(30-21)22(32)11-20(26)17-7-5-16(6-8-17)12-28-2/h5-11,13-14,19,28H,4,12,15,26H2,1-3H3,(H2,27,29). The Morgan fingerprint density at radius 1 is 1.24 bits per heavy atom. The second-order valence-corrected chi connectivity index (χ2v) is 7.85. The van der Waals surface area contributed by atoms with Crippen molar-refractivity contribution in [1.29, 1.82) is 0 Å². The van der Waals surface area contributed by atoms with E-state index in [2.05, 4.69) is 15.3 Å². The van der Waals surface area contributed by atoms with Gasteiger partial charge in [-0.3, -0.25) is 9.59 Å². The molecule has 0 radical (unpaired) electrons. The molecule has 9 nitrogen and oxygen atoms in total. The predicted octanol–water partition coefficient (Wildman–Crippen LogP) is 2.21. The number of carbonyl (C=O) groups excluding carboxylic acids is 1. The molecule has 2 aromatic heterocycles. The summed E-state index contributed by atoms with van der Waals surface area (Å²) in [5.41, 5.74) is 15.1. The molecule has 0 amide bonds. The molecule has 1 atom stereocenters. The zero-order valence-electron chi connectivity index (χ0n) is 19.6. The summed E-state index contributed by atoms with van der Waals surface area (Å²) in [7, 11) is 3.48. The quantitative estimate of drug-likeness (QED) is 0.308. The number of nitrogens with zero attached hydrogens (tertiary/aromatic N) is 3. The van der Waals surface area contributed by atoms with Gasteiger partial charge in [-0.2, -0.15) is 0 Å². The van der Waals surface area contributed by atoms with Crippen molar-refractivity contribution in [2.75, 3.05) is 19.9 Å². The normalized spacial score (nSPS) is 12.5. The Balaban J connectivity index is 1.89. The number of carbonyl (C=O) groups is 1. The van der Waals surface area contributed by atoms with E-state index in [9.17, 15) is 9.59 Å². The van der Waals surface area contributed by atoms with E-state index < -0.39 is 5.78 Å². The summed E-state index contributed by atoms with van der Waals surface area (Å²) in [4.78, 5) is 33.8. The predicted molar refractivity (Wildman–Crippen MR) is 133 cm³/mol. The molecule has 0 bridgehead atoms. The summed E-state index contributed by atoms with van der Waals surface area (Å²) in [6.45, 7) is 3.13. The van der Waals surface area contributed by atoms with Gasteiger partial charge in [-0.1, -0.05) is 31.2 Å². The first-order valence-electron chi connectivity index (χ1n) is 11.0. The number of methoxy groups -OCH3 is 1. The number of anilines is 1. The highest BCUT2D eigenvalue weighted by molar-refractivity contribution is 6.09. The number of nitrogen functional groups attached to an aromatic ring is 1. The Labute approximate surface area is 198 Å². The summed E-state index contributed by atoms with van der Waals surface area (Å²) in [5, 5.41) is 3.08. The van der Waals surface area contributed by atoms with E-state index in [1.54, 1.807) is 23.9 Å². The molecule has 0 spiro atoms. The summed E-state index contributed by atoms with van der Waals surface area (Å²) in [6.07, 6.45) is 5.11. The minimum absolute atomic E-state index is 0.000852. The van der Waals surface area contributed by atoms with Gasteiger partial charge in [0.25, 0.3) is 5.56 Å². The van der Waals surface area contributed by atoms with Crippen LogP contribution in [0.2, 0.25) is 0 Å². The second-order valence-electron chi connectivity index (χ2n) is 7.85. The van der Waals surface area contributed by atoms with E-state index in [4.69, 9.17) is 16.2 Å². The second kappa shape index (κ2) is 11.4. The van der Waals surface area contributed by atoms with Crippen LogP contribution in [0.15, 0.2) is 59.7 Å². The van der Waals surface area contributed by atoms with Crippen LogP contribution >= 0.6 is 0 Å². The number of allylic oxidation sites excluding steroid dienone is 1. The molecule has 178 valence electrons. The highest BCUT2D eigenvalue weighted by atomic mass is 16.5. The highest BCUT2D eigenvalue weighted by Crippen LogP contribution is 2.19. The highest BCUT2D eigenvalue weighted by Gasteiger charge is 2.15. The van der Waals surface area contributed by atoms with Crippen molar-refractivity contribution in [3.8, 4) is 11.3 Å². The van der Waals surface area contributed by atoms with Gasteiger partial charge in [-0.25, -0.2) is 9.97 Å². The third kappa shape index (κ3) is 5.94. The molecular weight excluding hydrogens is 432 g/mol.